The number of benzene rings is 2. The van der Waals surface area contributed by atoms with Gasteiger partial charge >= 0.3 is 0 Å². The third-order valence-corrected chi connectivity index (χ3v) is 5.42. The smallest absolute Gasteiger partial charge is 0.197 e. The molecule has 1 N–H and O–H groups in total. The van der Waals surface area contributed by atoms with Gasteiger partial charge in [-0.25, -0.2) is 0 Å². The number of anilines is 1. The Morgan fingerprint density at radius 2 is 1.83 bits per heavy atom. The summed E-state index contributed by atoms with van der Waals surface area (Å²) >= 11 is 1.71. The predicted molar refractivity (Wildman–Crippen MR) is 103 cm³/mol. The second-order valence-electron chi connectivity index (χ2n) is 7.30. The zero-order valence-electron chi connectivity index (χ0n) is 14.2. The van der Waals surface area contributed by atoms with Crippen LogP contribution >= 0.6 is 11.3 Å². The van der Waals surface area contributed by atoms with Crippen molar-refractivity contribution in [1.29, 1.82) is 0 Å². The number of fused-ring (bicyclic) bond motifs is 2. The summed E-state index contributed by atoms with van der Waals surface area (Å²) in [5, 5.41) is 5.13. The van der Waals surface area contributed by atoms with Gasteiger partial charge in [-0.3, -0.25) is 4.79 Å². The molecule has 0 saturated heterocycles. The molecule has 0 aliphatic rings. The number of rotatable bonds is 3. The highest BCUT2D eigenvalue weighted by Crippen LogP contribution is 2.31. The predicted octanol–water partition coefficient (Wildman–Crippen LogP) is 5.57. The van der Waals surface area contributed by atoms with E-state index >= 15 is 0 Å². The van der Waals surface area contributed by atoms with Crippen molar-refractivity contribution < 1.29 is 0 Å². The van der Waals surface area contributed by atoms with E-state index < -0.39 is 0 Å². The summed E-state index contributed by atoms with van der Waals surface area (Å²) in [6.45, 7) is 9.65. The minimum absolute atomic E-state index is 0.135. The fourth-order valence-corrected chi connectivity index (χ4v) is 3.92. The molecular weight excluding hydrogens is 302 g/mol. The third-order valence-electron chi connectivity index (χ3n) is 4.12. The van der Waals surface area contributed by atoms with Gasteiger partial charge in [0.2, 0.25) is 0 Å². The topological polar surface area (TPSA) is 29.1 Å². The molecule has 0 spiro atoms. The lowest BCUT2D eigenvalue weighted by Crippen LogP contribution is -2.14. The van der Waals surface area contributed by atoms with E-state index in [4.69, 9.17) is 0 Å². The molecule has 120 valence electrons. The molecule has 1 heterocycles. The zero-order chi connectivity index (χ0) is 16.6. The van der Waals surface area contributed by atoms with Crippen LogP contribution in [0.5, 0.6) is 0 Å². The molecule has 0 atom stereocenters. The van der Waals surface area contributed by atoms with E-state index in [1.54, 1.807) is 11.3 Å². The quantitative estimate of drug-likeness (QED) is 0.638. The van der Waals surface area contributed by atoms with Crippen molar-refractivity contribution in [2.45, 2.75) is 34.1 Å². The maximum atomic E-state index is 13.0. The lowest BCUT2D eigenvalue weighted by atomic mass is 9.92. The lowest BCUT2D eigenvalue weighted by molar-refractivity contribution is 0.390. The average molecular weight is 325 g/mol. The molecule has 0 fully saturated rings. The van der Waals surface area contributed by atoms with E-state index in [-0.39, 0.29) is 10.8 Å². The SMILES string of the molecule is Cc1ccc(NCCC(C)(C)C)c2c(=O)c3ccccc3sc12. The van der Waals surface area contributed by atoms with E-state index in [1.807, 2.05) is 30.3 Å². The van der Waals surface area contributed by atoms with Crippen LogP contribution in [0, 0.1) is 12.3 Å². The molecule has 3 heteroatoms. The normalized spacial score (nSPS) is 12.0. The standard InChI is InChI=1S/C20H23NOS/c1-13-9-10-15(21-12-11-20(2,3)4)17-18(22)14-7-5-6-8-16(14)23-19(13)17/h5-10,21H,11-12H2,1-4H3. The van der Waals surface area contributed by atoms with Crippen molar-refractivity contribution in [3.05, 3.63) is 52.2 Å². The second kappa shape index (κ2) is 5.97. The van der Waals surface area contributed by atoms with Crippen LogP contribution in [0.15, 0.2) is 41.2 Å². The summed E-state index contributed by atoms with van der Waals surface area (Å²) in [5.41, 5.74) is 2.54. The van der Waals surface area contributed by atoms with Crippen LogP contribution in [0.25, 0.3) is 20.2 Å². The zero-order valence-corrected chi connectivity index (χ0v) is 15.0. The van der Waals surface area contributed by atoms with Crippen LogP contribution in [-0.4, -0.2) is 6.54 Å². The molecule has 23 heavy (non-hydrogen) atoms. The van der Waals surface area contributed by atoms with E-state index in [0.717, 1.165) is 44.4 Å². The molecule has 0 aliphatic carbocycles. The fraction of sp³-hybridized carbons (Fsp3) is 0.350. The van der Waals surface area contributed by atoms with Gasteiger partial charge in [0.15, 0.2) is 5.43 Å². The van der Waals surface area contributed by atoms with Crippen LogP contribution in [0.4, 0.5) is 5.69 Å². The molecule has 0 aliphatic heterocycles. The highest BCUT2D eigenvalue weighted by atomic mass is 32.1. The molecule has 0 amide bonds. The first-order valence-electron chi connectivity index (χ1n) is 8.06. The van der Waals surface area contributed by atoms with Crippen molar-refractivity contribution in [2.75, 3.05) is 11.9 Å². The first-order valence-corrected chi connectivity index (χ1v) is 8.87. The fourth-order valence-electron chi connectivity index (χ4n) is 2.75. The molecule has 3 aromatic rings. The first-order chi connectivity index (χ1) is 10.9. The van der Waals surface area contributed by atoms with Gasteiger partial charge in [-0.1, -0.05) is 39.0 Å². The largest absolute Gasteiger partial charge is 0.384 e. The number of hydrogen-bond acceptors (Lipinski definition) is 3. The van der Waals surface area contributed by atoms with Crippen LogP contribution < -0.4 is 10.7 Å². The molecular formula is C20H23NOS. The summed E-state index contributed by atoms with van der Waals surface area (Å²) in [4.78, 5) is 13.0. The van der Waals surface area contributed by atoms with Gasteiger partial charge in [0.05, 0.1) is 5.39 Å². The maximum absolute atomic E-state index is 13.0. The Kier molecular flexibility index (Phi) is 4.15. The Labute approximate surface area is 141 Å². The second-order valence-corrected chi connectivity index (χ2v) is 8.35. The Hall–Kier alpha value is -1.87. The number of aryl methyl sites for hydroxylation is 1. The highest BCUT2D eigenvalue weighted by molar-refractivity contribution is 7.24. The minimum atomic E-state index is 0.135. The van der Waals surface area contributed by atoms with Gasteiger partial charge in [-0.2, -0.15) is 0 Å². The monoisotopic (exact) mass is 325 g/mol. The van der Waals surface area contributed by atoms with E-state index in [0.29, 0.717) is 0 Å². The molecule has 3 rings (SSSR count). The van der Waals surface area contributed by atoms with Gasteiger partial charge < -0.3 is 5.32 Å². The molecule has 2 nitrogen and oxygen atoms in total. The van der Waals surface area contributed by atoms with Crippen LogP contribution in [0.3, 0.4) is 0 Å². The molecule has 1 aromatic heterocycles. The van der Waals surface area contributed by atoms with Crippen molar-refractivity contribution in [2.24, 2.45) is 5.41 Å². The van der Waals surface area contributed by atoms with Crippen LogP contribution in [-0.2, 0) is 0 Å². The molecule has 0 radical (unpaired) electrons. The van der Waals surface area contributed by atoms with Crippen molar-refractivity contribution in [3.8, 4) is 0 Å². The van der Waals surface area contributed by atoms with Crippen LogP contribution in [0.2, 0.25) is 0 Å². The summed E-state index contributed by atoms with van der Waals surface area (Å²) in [7, 11) is 0. The number of nitrogens with one attached hydrogen (secondary N) is 1. The summed E-state index contributed by atoms with van der Waals surface area (Å²) in [5.74, 6) is 0. The van der Waals surface area contributed by atoms with Gasteiger partial charge in [0, 0.05) is 27.0 Å². The Morgan fingerprint density at radius 3 is 2.57 bits per heavy atom. The molecule has 0 bridgehead atoms. The lowest BCUT2D eigenvalue weighted by Gasteiger charge is -2.19. The van der Waals surface area contributed by atoms with E-state index in [9.17, 15) is 4.79 Å². The molecule has 0 unspecified atom stereocenters. The number of hydrogen-bond donors (Lipinski definition) is 1. The van der Waals surface area contributed by atoms with Crippen LogP contribution in [0.1, 0.15) is 32.8 Å². The van der Waals surface area contributed by atoms with Gasteiger partial charge in [-0.05, 0) is 42.5 Å². The van der Waals surface area contributed by atoms with Gasteiger partial charge in [0.1, 0.15) is 0 Å². The van der Waals surface area contributed by atoms with Crippen molar-refractivity contribution in [3.63, 3.8) is 0 Å². The Morgan fingerprint density at radius 1 is 1.09 bits per heavy atom. The maximum Gasteiger partial charge on any atom is 0.197 e. The third kappa shape index (κ3) is 3.25. The summed E-state index contributed by atoms with van der Waals surface area (Å²) in [6.07, 6.45) is 1.06. The minimum Gasteiger partial charge on any atom is -0.384 e. The van der Waals surface area contributed by atoms with Crippen molar-refractivity contribution in [1.82, 2.24) is 0 Å². The van der Waals surface area contributed by atoms with Gasteiger partial charge in [0.25, 0.3) is 0 Å². The van der Waals surface area contributed by atoms with E-state index in [2.05, 4.69) is 39.1 Å². The summed E-state index contributed by atoms with van der Waals surface area (Å²) in [6, 6.07) is 12.0. The van der Waals surface area contributed by atoms with Crippen molar-refractivity contribution >= 4 is 37.2 Å². The summed E-state index contributed by atoms with van der Waals surface area (Å²) < 4.78 is 2.15. The average Bonchev–Trinajstić information content (AvgIpc) is 2.49. The molecule has 0 saturated carbocycles. The Bertz CT molecular complexity index is 918. The first kappa shape index (κ1) is 16.0. The molecule has 2 aromatic carbocycles. The Balaban J connectivity index is 2.14. The van der Waals surface area contributed by atoms with E-state index in [1.165, 1.54) is 0 Å². The highest BCUT2D eigenvalue weighted by Gasteiger charge is 2.13. The van der Waals surface area contributed by atoms with Gasteiger partial charge in [-0.15, -0.1) is 11.3 Å².